The van der Waals surface area contributed by atoms with E-state index in [2.05, 4.69) is 26.8 Å². The Morgan fingerprint density at radius 1 is 1.11 bits per heavy atom. The number of nitrogens with one attached hydrogen (secondary N) is 2. The predicted molar refractivity (Wildman–Crippen MR) is 102 cm³/mol. The van der Waals surface area contributed by atoms with Crippen molar-refractivity contribution >= 4 is 27.7 Å². The number of benzene rings is 2. The van der Waals surface area contributed by atoms with Crippen molar-refractivity contribution in [3.63, 3.8) is 0 Å². The van der Waals surface area contributed by atoms with E-state index >= 15 is 0 Å². The first kappa shape index (κ1) is 20.7. The third-order valence-electron chi connectivity index (χ3n) is 3.49. The molecule has 0 spiro atoms. The third-order valence-corrected chi connectivity index (χ3v) is 4.10. The molecule has 27 heavy (non-hydrogen) atoms. The summed E-state index contributed by atoms with van der Waals surface area (Å²) in [4.78, 5) is 23.9. The molecule has 0 fully saturated rings. The van der Waals surface area contributed by atoms with Crippen molar-refractivity contribution in [2.45, 2.75) is 26.4 Å². The highest BCUT2D eigenvalue weighted by Gasteiger charge is 2.16. The number of rotatable bonds is 7. The molecule has 0 aliphatic heterocycles. The summed E-state index contributed by atoms with van der Waals surface area (Å²) in [5.41, 5.74) is 5.22. The number of halogens is 2. The second-order valence-electron chi connectivity index (χ2n) is 5.63. The molecule has 0 aromatic heterocycles. The number of carbonyl (C=O) groups is 2. The van der Waals surface area contributed by atoms with Crippen LogP contribution in [-0.4, -0.2) is 24.5 Å². The SMILES string of the molecule is CCOc1ccc(OC(C)C(=O)NNC(=O)Cc2ccc(F)c(Br)c2)cc1. The highest BCUT2D eigenvalue weighted by atomic mass is 79.9. The van der Waals surface area contributed by atoms with Crippen molar-refractivity contribution in [3.05, 3.63) is 58.3 Å². The second kappa shape index (κ2) is 9.91. The van der Waals surface area contributed by atoms with Crippen molar-refractivity contribution in [1.82, 2.24) is 10.9 Å². The maximum Gasteiger partial charge on any atom is 0.279 e. The van der Waals surface area contributed by atoms with Crippen LogP contribution < -0.4 is 20.3 Å². The van der Waals surface area contributed by atoms with Crippen LogP contribution >= 0.6 is 15.9 Å². The van der Waals surface area contributed by atoms with Crippen LogP contribution in [0.25, 0.3) is 0 Å². The minimum atomic E-state index is -0.816. The largest absolute Gasteiger partial charge is 0.494 e. The zero-order chi connectivity index (χ0) is 19.8. The van der Waals surface area contributed by atoms with Gasteiger partial charge in [0.25, 0.3) is 5.91 Å². The van der Waals surface area contributed by atoms with Gasteiger partial charge in [0.1, 0.15) is 17.3 Å². The molecule has 0 saturated heterocycles. The summed E-state index contributed by atoms with van der Waals surface area (Å²) in [5, 5.41) is 0. The lowest BCUT2D eigenvalue weighted by molar-refractivity contribution is -0.132. The molecule has 2 aromatic carbocycles. The van der Waals surface area contributed by atoms with Crippen LogP contribution in [0.4, 0.5) is 4.39 Å². The molecule has 2 amide bonds. The fourth-order valence-electron chi connectivity index (χ4n) is 2.15. The molecule has 6 nitrogen and oxygen atoms in total. The first-order chi connectivity index (χ1) is 12.9. The van der Waals surface area contributed by atoms with E-state index in [1.807, 2.05) is 6.92 Å². The van der Waals surface area contributed by atoms with E-state index in [1.165, 1.54) is 18.2 Å². The van der Waals surface area contributed by atoms with Crippen molar-refractivity contribution in [2.24, 2.45) is 0 Å². The summed E-state index contributed by atoms with van der Waals surface area (Å²) in [6, 6.07) is 11.1. The summed E-state index contributed by atoms with van der Waals surface area (Å²) in [6.07, 6.45) is -0.823. The van der Waals surface area contributed by atoms with Crippen molar-refractivity contribution in [2.75, 3.05) is 6.61 Å². The molecule has 8 heteroatoms. The van der Waals surface area contributed by atoms with Crippen LogP contribution in [0.5, 0.6) is 11.5 Å². The maximum atomic E-state index is 13.2. The van der Waals surface area contributed by atoms with Gasteiger partial charge in [0, 0.05) is 0 Å². The standard InChI is InChI=1S/C19H20BrFN2O4/c1-3-26-14-5-7-15(8-6-14)27-12(2)19(25)23-22-18(24)11-13-4-9-17(21)16(20)10-13/h4-10,12H,3,11H2,1-2H3,(H,22,24)(H,23,25). The molecule has 1 atom stereocenters. The van der Waals surface area contributed by atoms with Crippen molar-refractivity contribution in [1.29, 1.82) is 0 Å². The van der Waals surface area contributed by atoms with Crippen molar-refractivity contribution < 1.29 is 23.5 Å². The van der Waals surface area contributed by atoms with Gasteiger partial charge in [0.15, 0.2) is 6.10 Å². The van der Waals surface area contributed by atoms with Crippen LogP contribution in [0.1, 0.15) is 19.4 Å². The van der Waals surface area contributed by atoms with Gasteiger partial charge in [-0.25, -0.2) is 4.39 Å². The fraction of sp³-hybridized carbons (Fsp3) is 0.263. The second-order valence-corrected chi connectivity index (χ2v) is 6.48. The van der Waals surface area contributed by atoms with Crippen LogP contribution in [0.2, 0.25) is 0 Å². The van der Waals surface area contributed by atoms with E-state index in [0.717, 1.165) is 0 Å². The molecule has 2 N–H and O–H groups in total. The van der Waals surface area contributed by atoms with Crippen LogP contribution in [0.15, 0.2) is 46.9 Å². The third kappa shape index (κ3) is 6.56. The van der Waals surface area contributed by atoms with Gasteiger partial charge in [-0.1, -0.05) is 6.07 Å². The lowest BCUT2D eigenvalue weighted by Crippen LogP contribution is -2.47. The molecule has 0 radical (unpaired) electrons. The lowest BCUT2D eigenvalue weighted by Gasteiger charge is -2.15. The number of hydrogen-bond donors (Lipinski definition) is 2. The highest BCUT2D eigenvalue weighted by molar-refractivity contribution is 9.10. The molecule has 0 aliphatic carbocycles. The van der Waals surface area contributed by atoms with E-state index in [0.29, 0.717) is 23.7 Å². The Labute approximate surface area is 165 Å². The maximum absolute atomic E-state index is 13.2. The summed E-state index contributed by atoms with van der Waals surface area (Å²) < 4.78 is 24.3. The number of hydrazine groups is 1. The number of hydrogen-bond acceptors (Lipinski definition) is 4. The fourth-order valence-corrected chi connectivity index (χ4v) is 2.58. The van der Waals surface area contributed by atoms with E-state index < -0.39 is 23.7 Å². The molecule has 2 rings (SSSR count). The Morgan fingerprint density at radius 3 is 2.41 bits per heavy atom. The Bertz CT molecular complexity index is 799. The highest BCUT2D eigenvalue weighted by Crippen LogP contribution is 2.19. The first-order valence-electron chi connectivity index (χ1n) is 8.31. The van der Waals surface area contributed by atoms with Gasteiger partial charge < -0.3 is 9.47 Å². The summed E-state index contributed by atoms with van der Waals surface area (Å²) >= 11 is 3.06. The van der Waals surface area contributed by atoms with Crippen molar-refractivity contribution in [3.8, 4) is 11.5 Å². The summed E-state index contributed by atoms with van der Waals surface area (Å²) in [5.74, 6) is -0.134. The lowest BCUT2D eigenvalue weighted by atomic mass is 10.1. The summed E-state index contributed by atoms with van der Waals surface area (Å²) in [7, 11) is 0. The molecule has 0 saturated carbocycles. The topological polar surface area (TPSA) is 76.7 Å². The number of amides is 2. The molecule has 2 aromatic rings. The zero-order valence-corrected chi connectivity index (χ0v) is 16.5. The Hall–Kier alpha value is -2.61. The van der Waals surface area contributed by atoms with E-state index in [-0.39, 0.29) is 10.9 Å². The first-order valence-corrected chi connectivity index (χ1v) is 9.10. The van der Waals surface area contributed by atoms with Gasteiger partial charge >= 0.3 is 0 Å². The number of ether oxygens (including phenoxy) is 2. The monoisotopic (exact) mass is 438 g/mol. The molecule has 1 unspecified atom stereocenters. The Morgan fingerprint density at radius 2 is 1.78 bits per heavy atom. The van der Waals surface area contributed by atoms with E-state index in [4.69, 9.17) is 9.47 Å². The normalized spacial score (nSPS) is 11.4. The van der Waals surface area contributed by atoms with Crippen LogP contribution in [-0.2, 0) is 16.0 Å². The molecule has 144 valence electrons. The predicted octanol–water partition coefficient (Wildman–Crippen LogP) is 3.14. The van der Waals surface area contributed by atoms with Crippen LogP contribution in [0.3, 0.4) is 0 Å². The molecule has 0 heterocycles. The quantitative estimate of drug-likeness (QED) is 0.650. The van der Waals surface area contributed by atoms with Gasteiger partial charge in [-0.15, -0.1) is 0 Å². The summed E-state index contributed by atoms with van der Waals surface area (Å²) in [6.45, 7) is 4.02. The average Bonchev–Trinajstić information content (AvgIpc) is 2.64. The smallest absolute Gasteiger partial charge is 0.279 e. The molecular weight excluding hydrogens is 419 g/mol. The van der Waals surface area contributed by atoms with Gasteiger partial charge in [-0.2, -0.15) is 0 Å². The minimum absolute atomic E-state index is 0.00666. The van der Waals surface area contributed by atoms with Gasteiger partial charge in [-0.3, -0.25) is 20.4 Å². The van der Waals surface area contributed by atoms with E-state index in [1.54, 1.807) is 31.2 Å². The van der Waals surface area contributed by atoms with Gasteiger partial charge in [0.2, 0.25) is 5.91 Å². The minimum Gasteiger partial charge on any atom is -0.494 e. The van der Waals surface area contributed by atoms with Gasteiger partial charge in [0.05, 0.1) is 17.5 Å². The van der Waals surface area contributed by atoms with Crippen LogP contribution in [0, 0.1) is 5.82 Å². The Balaban J connectivity index is 1.79. The molecule has 0 bridgehead atoms. The average molecular weight is 439 g/mol. The molecule has 0 aliphatic rings. The van der Waals surface area contributed by atoms with E-state index in [9.17, 15) is 14.0 Å². The Kier molecular flexibility index (Phi) is 7.60. The molecular formula is C19H20BrFN2O4. The number of carbonyl (C=O) groups excluding carboxylic acids is 2. The van der Waals surface area contributed by atoms with Gasteiger partial charge in [-0.05, 0) is 71.7 Å². The zero-order valence-electron chi connectivity index (χ0n) is 14.9.